The lowest BCUT2D eigenvalue weighted by atomic mass is 9.98. The van der Waals surface area contributed by atoms with E-state index in [1.54, 1.807) is 11.3 Å². The van der Waals surface area contributed by atoms with Crippen molar-refractivity contribution in [1.29, 1.82) is 0 Å². The molecule has 6 heteroatoms. The summed E-state index contributed by atoms with van der Waals surface area (Å²) in [5.74, 6) is 2.15. The average molecular weight is 389 g/mol. The number of hydrogen-bond acceptors (Lipinski definition) is 5. The molecule has 2 aromatic heterocycles. The van der Waals surface area contributed by atoms with Crippen molar-refractivity contribution in [2.45, 2.75) is 38.8 Å². The largest absolute Gasteiger partial charge is 0.493 e. The molecule has 0 fully saturated rings. The number of fused-ring (bicyclic) bond motifs is 1. The van der Waals surface area contributed by atoms with E-state index in [0.29, 0.717) is 17.7 Å². The van der Waals surface area contributed by atoms with Crippen LogP contribution in [0.15, 0.2) is 40.3 Å². The van der Waals surface area contributed by atoms with Crippen molar-refractivity contribution >= 4 is 33.3 Å². The highest BCUT2D eigenvalue weighted by Gasteiger charge is 2.16. The molecule has 3 aromatic rings. The summed E-state index contributed by atoms with van der Waals surface area (Å²) in [5, 5.41) is 1.44. The van der Waals surface area contributed by atoms with Crippen LogP contribution < -0.4 is 10.3 Å². The Bertz CT molecular complexity index is 919. The molecule has 0 saturated heterocycles. The Labute approximate surface area is 162 Å². The standard InChI is InChI=1S/C20H24N2O2S2/c1-4-13(2)12-16-14(3)26-19-17(16)18(23)21-20(22-19)25-11-10-24-15-8-6-5-7-9-15/h5-9,13H,4,10-12H2,1-3H3,(H,21,22,23)/t13-/m0/s1. The Kier molecular flexibility index (Phi) is 6.38. The Morgan fingerprint density at radius 3 is 2.81 bits per heavy atom. The Hall–Kier alpha value is -1.79. The molecule has 26 heavy (non-hydrogen) atoms. The number of nitrogens with zero attached hydrogens (tertiary/aromatic N) is 1. The zero-order chi connectivity index (χ0) is 18.5. The molecule has 0 aliphatic rings. The van der Waals surface area contributed by atoms with Crippen LogP contribution in [0, 0.1) is 12.8 Å². The average Bonchev–Trinajstić information content (AvgIpc) is 2.95. The van der Waals surface area contributed by atoms with Crippen LogP contribution in [0.2, 0.25) is 0 Å². The van der Waals surface area contributed by atoms with Gasteiger partial charge in [-0.3, -0.25) is 4.79 Å². The Morgan fingerprint density at radius 2 is 2.08 bits per heavy atom. The summed E-state index contributed by atoms with van der Waals surface area (Å²) >= 11 is 3.14. The van der Waals surface area contributed by atoms with Crippen molar-refractivity contribution in [1.82, 2.24) is 9.97 Å². The zero-order valence-corrected chi connectivity index (χ0v) is 17.0. The monoisotopic (exact) mass is 388 g/mol. The van der Waals surface area contributed by atoms with Gasteiger partial charge in [-0.2, -0.15) is 0 Å². The number of ether oxygens (including phenoxy) is 1. The number of aromatic nitrogens is 2. The number of thioether (sulfide) groups is 1. The lowest BCUT2D eigenvalue weighted by Crippen LogP contribution is -2.11. The fourth-order valence-electron chi connectivity index (χ4n) is 2.78. The number of aromatic amines is 1. The molecule has 138 valence electrons. The Morgan fingerprint density at radius 1 is 1.31 bits per heavy atom. The number of aryl methyl sites for hydroxylation is 1. The molecular formula is C20H24N2O2S2. The van der Waals surface area contributed by atoms with E-state index in [9.17, 15) is 4.79 Å². The second kappa shape index (κ2) is 8.73. The number of rotatable bonds is 8. The molecule has 2 heterocycles. The van der Waals surface area contributed by atoms with Crippen molar-refractivity contribution < 1.29 is 4.74 Å². The van der Waals surface area contributed by atoms with E-state index in [0.717, 1.165) is 40.1 Å². The lowest BCUT2D eigenvalue weighted by molar-refractivity contribution is 0.344. The van der Waals surface area contributed by atoms with Gasteiger partial charge in [-0.1, -0.05) is 50.2 Å². The summed E-state index contributed by atoms with van der Waals surface area (Å²) < 4.78 is 5.69. The van der Waals surface area contributed by atoms with Crippen molar-refractivity contribution in [2.75, 3.05) is 12.4 Å². The van der Waals surface area contributed by atoms with Crippen LogP contribution >= 0.6 is 23.1 Å². The van der Waals surface area contributed by atoms with Crippen LogP contribution in [0.3, 0.4) is 0 Å². The normalized spacial score (nSPS) is 12.4. The van der Waals surface area contributed by atoms with Crippen LogP contribution in [0.5, 0.6) is 5.75 Å². The fourth-order valence-corrected chi connectivity index (χ4v) is 4.57. The van der Waals surface area contributed by atoms with Crippen molar-refractivity contribution in [3.05, 3.63) is 51.1 Å². The van der Waals surface area contributed by atoms with Crippen LogP contribution in [-0.4, -0.2) is 22.3 Å². The van der Waals surface area contributed by atoms with Gasteiger partial charge < -0.3 is 9.72 Å². The molecule has 1 aromatic carbocycles. The summed E-state index contributed by atoms with van der Waals surface area (Å²) in [6.07, 6.45) is 2.04. The van der Waals surface area contributed by atoms with Crippen molar-refractivity contribution in [2.24, 2.45) is 5.92 Å². The van der Waals surface area contributed by atoms with Crippen molar-refractivity contribution in [3.8, 4) is 5.75 Å². The maximum atomic E-state index is 12.6. The predicted molar refractivity (Wildman–Crippen MR) is 111 cm³/mol. The first-order valence-corrected chi connectivity index (χ1v) is 10.7. The van der Waals surface area contributed by atoms with E-state index < -0.39 is 0 Å². The van der Waals surface area contributed by atoms with Crippen molar-refractivity contribution in [3.63, 3.8) is 0 Å². The van der Waals surface area contributed by atoms with Gasteiger partial charge in [-0.25, -0.2) is 4.98 Å². The lowest BCUT2D eigenvalue weighted by Gasteiger charge is -2.08. The zero-order valence-electron chi connectivity index (χ0n) is 15.4. The summed E-state index contributed by atoms with van der Waals surface area (Å²) in [4.78, 5) is 22.3. The quantitative estimate of drug-likeness (QED) is 0.333. The second-order valence-electron chi connectivity index (χ2n) is 6.42. The van der Waals surface area contributed by atoms with Gasteiger partial charge in [0.05, 0.1) is 12.0 Å². The number of nitrogens with one attached hydrogen (secondary N) is 1. The van der Waals surface area contributed by atoms with Crippen LogP contribution in [0.1, 0.15) is 30.7 Å². The fraction of sp³-hybridized carbons (Fsp3) is 0.400. The van der Waals surface area contributed by atoms with E-state index >= 15 is 0 Å². The van der Waals surface area contributed by atoms with Gasteiger partial charge in [0, 0.05) is 10.6 Å². The molecule has 0 saturated carbocycles. The van der Waals surface area contributed by atoms with Gasteiger partial charge in [0.2, 0.25) is 0 Å². The smallest absolute Gasteiger partial charge is 0.260 e. The first-order valence-electron chi connectivity index (χ1n) is 8.91. The second-order valence-corrected chi connectivity index (χ2v) is 8.70. The number of para-hydroxylation sites is 1. The minimum absolute atomic E-state index is 0.0240. The third kappa shape index (κ3) is 4.48. The molecule has 0 amide bonds. The molecule has 1 atom stereocenters. The summed E-state index contributed by atoms with van der Waals surface area (Å²) in [7, 11) is 0. The molecule has 0 aliphatic carbocycles. The van der Waals surface area contributed by atoms with E-state index in [4.69, 9.17) is 4.74 Å². The molecule has 3 rings (SSSR count). The molecule has 0 aliphatic heterocycles. The number of benzene rings is 1. The van der Waals surface area contributed by atoms with Gasteiger partial charge in [-0.15, -0.1) is 11.3 Å². The third-order valence-electron chi connectivity index (χ3n) is 4.42. The van der Waals surface area contributed by atoms with Crippen LogP contribution in [-0.2, 0) is 6.42 Å². The Balaban J connectivity index is 1.70. The maximum absolute atomic E-state index is 12.6. The molecule has 1 N–H and O–H groups in total. The summed E-state index contributed by atoms with van der Waals surface area (Å²) in [5.41, 5.74) is 1.14. The minimum Gasteiger partial charge on any atom is -0.493 e. The van der Waals surface area contributed by atoms with E-state index in [1.807, 2.05) is 30.3 Å². The maximum Gasteiger partial charge on any atom is 0.260 e. The summed E-state index contributed by atoms with van der Waals surface area (Å²) in [6.45, 7) is 7.06. The third-order valence-corrected chi connectivity index (χ3v) is 6.30. The SMILES string of the molecule is CC[C@H](C)Cc1c(C)sc2nc(SCCOc3ccccc3)[nH]c(=O)c12. The van der Waals surface area contributed by atoms with Gasteiger partial charge in [0.1, 0.15) is 10.6 Å². The minimum atomic E-state index is -0.0240. The molecule has 4 nitrogen and oxygen atoms in total. The topological polar surface area (TPSA) is 55.0 Å². The highest BCUT2D eigenvalue weighted by molar-refractivity contribution is 7.99. The predicted octanol–water partition coefficient (Wildman–Crippen LogP) is 5.05. The molecular weight excluding hydrogens is 364 g/mol. The highest BCUT2D eigenvalue weighted by atomic mass is 32.2. The van der Waals surface area contributed by atoms with Gasteiger partial charge >= 0.3 is 0 Å². The first kappa shape index (κ1) is 19.0. The molecule has 0 unspecified atom stereocenters. The van der Waals surface area contributed by atoms with Gasteiger partial charge in [-0.05, 0) is 37.0 Å². The molecule has 0 bridgehead atoms. The molecule has 0 radical (unpaired) electrons. The van der Waals surface area contributed by atoms with E-state index in [1.165, 1.54) is 16.6 Å². The number of thiophene rings is 1. The van der Waals surface area contributed by atoms with Crippen LogP contribution in [0.25, 0.3) is 10.2 Å². The van der Waals surface area contributed by atoms with Crippen LogP contribution in [0.4, 0.5) is 0 Å². The van der Waals surface area contributed by atoms with E-state index in [2.05, 4.69) is 30.7 Å². The van der Waals surface area contributed by atoms with Gasteiger partial charge in [0.25, 0.3) is 5.56 Å². The summed E-state index contributed by atoms with van der Waals surface area (Å²) in [6, 6.07) is 9.73. The first-order chi connectivity index (χ1) is 12.6. The number of hydrogen-bond donors (Lipinski definition) is 1. The van der Waals surface area contributed by atoms with Gasteiger partial charge in [0.15, 0.2) is 5.16 Å². The number of H-pyrrole nitrogens is 1. The van der Waals surface area contributed by atoms with E-state index in [-0.39, 0.29) is 5.56 Å². The molecule has 0 spiro atoms. The highest BCUT2D eigenvalue weighted by Crippen LogP contribution is 2.30.